The van der Waals surface area contributed by atoms with Gasteiger partial charge in [0, 0.05) is 0 Å². The number of carboxylic acid groups (broad SMARTS) is 3. The molecule has 0 atom stereocenters. The third-order valence-electron chi connectivity index (χ3n) is 1.56. The van der Waals surface area contributed by atoms with E-state index in [4.69, 9.17) is 25.1 Å². The molecule has 0 bridgehead atoms. The molecule has 0 fully saturated rings. The molecule has 0 aromatic carbocycles. The van der Waals surface area contributed by atoms with Crippen LogP contribution < -0.4 is 0 Å². The van der Waals surface area contributed by atoms with Crippen LogP contribution in [0.4, 0.5) is 0 Å². The zero-order valence-corrected chi connectivity index (χ0v) is 9.03. The molecule has 0 saturated heterocycles. The van der Waals surface area contributed by atoms with Crippen molar-refractivity contribution in [2.24, 2.45) is 0 Å². The quantitative estimate of drug-likeness (QED) is 0.239. The molecule has 0 radical (unpaired) electrons. The monoisotopic (exact) mass is 354 g/mol. The van der Waals surface area contributed by atoms with Crippen molar-refractivity contribution >= 4 is 115 Å². The summed E-state index contributed by atoms with van der Waals surface area (Å²) in [6.45, 7) is 0. The second-order valence-electron chi connectivity index (χ2n) is 3.02. The molecule has 0 saturated carbocycles. The molecule has 0 rings (SSSR count). The van der Waals surface area contributed by atoms with Crippen LogP contribution in [-0.4, -0.2) is 138 Å². The number of hydrogen-bond acceptors (Lipinski definition) is 5. The van der Waals surface area contributed by atoms with Gasteiger partial charge in [-0.05, 0) is 0 Å². The van der Waals surface area contributed by atoms with Crippen LogP contribution in [-0.2, 0) is 23.5 Å². The minimum atomic E-state index is -5.36. The Balaban J connectivity index is -0.00000128. The Labute approximate surface area is 179 Å². The molecule has 0 aliphatic heterocycles. The number of phosphoric acid groups is 1. The summed E-state index contributed by atoms with van der Waals surface area (Å²) >= 11 is 0. The van der Waals surface area contributed by atoms with Crippen LogP contribution in [0.1, 0.15) is 12.8 Å². The van der Waals surface area contributed by atoms with Crippen LogP contribution >= 0.6 is 7.82 Å². The molecule has 0 aliphatic carbocycles. The van der Waals surface area contributed by atoms with Crippen molar-refractivity contribution in [3.05, 3.63) is 0 Å². The van der Waals surface area contributed by atoms with E-state index in [1.807, 2.05) is 0 Å². The van der Waals surface area contributed by atoms with Gasteiger partial charge in [-0.15, -0.1) is 0 Å². The second kappa shape index (κ2) is 10.2. The van der Waals surface area contributed by atoms with Gasteiger partial charge in [0.25, 0.3) is 0 Å². The van der Waals surface area contributed by atoms with Gasteiger partial charge in [-0.3, -0.25) is 14.1 Å². The molecule has 0 heterocycles. The summed E-state index contributed by atoms with van der Waals surface area (Å²) in [5.41, 5.74) is -3.02. The Morgan fingerprint density at radius 3 is 1.47 bits per heavy atom. The van der Waals surface area contributed by atoms with Gasteiger partial charge in [0.15, 0.2) is 5.60 Å². The van der Waals surface area contributed by atoms with E-state index in [1.54, 1.807) is 0 Å². The standard InChI is InChI=1S/C6H9O10P.Ca.K.3H/c7-3(8)1-6(5(11)12,2-4(9)10)16-17(13,14)15;;;;;/h1-2H2,(H,7,8)(H,9,10)(H,11,12)(H2,13,14,15);;;;;. The zero-order chi connectivity index (χ0) is 13.9. The zero-order valence-electron chi connectivity index (χ0n) is 8.14. The Hall–Kier alpha value is 1.42. The van der Waals surface area contributed by atoms with Crippen molar-refractivity contribution in [2.45, 2.75) is 18.4 Å². The number of carbonyl (C=O) groups is 3. The molecular weight excluding hydrogens is 342 g/mol. The van der Waals surface area contributed by atoms with Crippen LogP contribution in [0.2, 0.25) is 0 Å². The number of carboxylic acids is 3. The molecule has 0 amide bonds. The average Bonchev–Trinajstić information content (AvgIpc) is 1.96. The Kier molecular flexibility index (Phi) is 13.6. The third kappa shape index (κ3) is 10.7. The van der Waals surface area contributed by atoms with E-state index in [0.717, 1.165) is 0 Å². The molecule has 0 aromatic heterocycles. The van der Waals surface area contributed by atoms with Gasteiger partial charge in [0.05, 0.1) is 12.8 Å². The first-order chi connectivity index (χ1) is 7.48. The first-order valence-corrected chi connectivity index (χ1v) is 5.45. The molecule has 104 valence electrons. The molecule has 13 heteroatoms. The number of rotatable bonds is 7. The van der Waals surface area contributed by atoms with E-state index < -0.39 is 44.2 Å². The molecule has 0 aliphatic rings. The van der Waals surface area contributed by atoms with Crippen molar-refractivity contribution < 1.29 is 48.6 Å². The summed E-state index contributed by atoms with van der Waals surface area (Å²) in [7, 11) is -5.36. The SMILES string of the molecule is O=C(O)CC(CC(=O)O)(OP(=O)(O)O)C(=O)O.[CaH2].[KH]. The summed E-state index contributed by atoms with van der Waals surface area (Å²) in [5.74, 6) is -5.64. The predicted octanol–water partition coefficient (Wildman–Crippen LogP) is -2.70. The van der Waals surface area contributed by atoms with Gasteiger partial charge >= 0.3 is 115 Å². The fraction of sp³-hybridized carbons (Fsp3) is 0.500. The Bertz CT molecular complexity index is 375. The molecular formula is C6H12CaKO10P. The maximum absolute atomic E-state index is 10.8. The predicted molar refractivity (Wildman–Crippen MR) is 63.7 cm³/mol. The van der Waals surface area contributed by atoms with Gasteiger partial charge in [-0.2, -0.15) is 0 Å². The van der Waals surface area contributed by atoms with Crippen molar-refractivity contribution in [2.75, 3.05) is 0 Å². The van der Waals surface area contributed by atoms with Gasteiger partial charge in [0.1, 0.15) is 0 Å². The van der Waals surface area contributed by atoms with E-state index >= 15 is 0 Å². The molecule has 0 spiro atoms. The molecule has 5 N–H and O–H groups in total. The summed E-state index contributed by atoms with van der Waals surface area (Å²) in [5, 5.41) is 25.5. The van der Waals surface area contributed by atoms with Gasteiger partial charge in [-0.1, -0.05) is 0 Å². The van der Waals surface area contributed by atoms with E-state index in [-0.39, 0.29) is 89.1 Å². The summed E-state index contributed by atoms with van der Waals surface area (Å²) in [6, 6.07) is 0. The Morgan fingerprint density at radius 2 is 1.32 bits per heavy atom. The van der Waals surface area contributed by atoms with Crippen LogP contribution in [0, 0.1) is 0 Å². The maximum atomic E-state index is 10.8. The van der Waals surface area contributed by atoms with Crippen molar-refractivity contribution in [1.29, 1.82) is 0 Å². The van der Waals surface area contributed by atoms with Gasteiger partial charge in [0.2, 0.25) is 0 Å². The van der Waals surface area contributed by atoms with Gasteiger partial charge < -0.3 is 25.1 Å². The van der Waals surface area contributed by atoms with Crippen molar-refractivity contribution in [3.63, 3.8) is 0 Å². The van der Waals surface area contributed by atoms with E-state index in [0.29, 0.717) is 0 Å². The first-order valence-electron chi connectivity index (χ1n) is 3.92. The summed E-state index contributed by atoms with van der Waals surface area (Å²) in [6.07, 6.45) is -2.81. The normalized spacial score (nSPS) is 10.8. The van der Waals surface area contributed by atoms with E-state index in [9.17, 15) is 18.9 Å². The molecule has 19 heavy (non-hydrogen) atoms. The number of hydrogen-bond donors (Lipinski definition) is 5. The number of aliphatic carboxylic acids is 3. The fourth-order valence-electron chi connectivity index (χ4n) is 1.03. The summed E-state index contributed by atoms with van der Waals surface area (Å²) < 4.78 is 14.4. The van der Waals surface area contributed by atoms with Crippen molar-refractivity contribution in [1.82, 2.24) is 0 Å². The topological polar surface area (TPSA) is 179 Å². The second-order valence-corrected chi connectivity index (χ2v) is 4.19. The van der Waals surface area contributed by atoms with Crippen LogP contribution in [0.3, 0.4) is 0 Å². The van der Waals surface area contributed by atoms with Crippen LogP contribution in [0.5, 0.6) is 0 Å². The molecule has 10 nitrogen and oxygen atoms in total. The van der Waals surface area contributed by atoms with E-state index in [2.05, 4.69) is 4.52 Å². The first kappa shape index (κ1) is 25.4. The van der Waals surface area contributed by atoms with Gasteiger partial charge in [-0.25, -0.2) is 9.36 Å². The Morgan fingerprint density at radius 1 is 1.00 bits per heavy atom. The van der Waals surface area contributed by atoms with Crippen molar-refractivity contribution in [3.8, 4) is 0 Å². The number of phosphoric ester groups is 1. The van der Waals surface area contributed by atoms with Crippen LogP contribution in [0.15, 0.2) is 0 Å². The fourth-order valence-corrected chi connectivity index (χ4v) is 1.70. The minimum absolute atomic E-state index is 0. The van der Waals surface area contributed by atoms with E-state index in [1.165, 1.54) is 0 Å². The molecule has 0 unspecified atom stereocenters. The summed E-state index contributed by atoms with van der Waals surface area (Å²) in [4.78, 5) is 48.5. The van der Waals surface area contributed by atoms with Crippen LogP contribution in [0.25, 0.3) is 0 Å². The average molecular weight is 354 g/mol. The molecule has 0 aromatic rings. The third-order valence-corrected chi connectivity index (χ3v) is 2.14.